The van der Waals surface area contributed by atoms with Crippen molar-refractivity contribution in [2.45, 2.75) is 51.0 Å². The molecule has 1 N–H and O–H groups in total. The minimum atomic E-state index is -0.627. The van der Waals surface area contributed by atoms with E-state index in [-0.39, 0.29) is 6.04 Å². The summed E-state index contributed by atoms with van der Waals surface area (Å²) in [6.45, 7) is 5.34. The van der Waals surface area contributed by atoms with Crippen LogP contribution in [0.5, 0.6) is 0 Å². The first-order valence-electron chi connectivity index (χ1n) is 7.46. The highest BCUT2D eigenvalue weighted by atomic mass is 16.4. The van der Waals surface area contributed by atoms with Gasteiger partial charge >= 0.3 is 5.97 Å². The lowest BCUT2D eigenvalue weighted by molar-refractivity contribution is -0.144. The summed E-state index contributed by atoms with van der Waals surface area (Å²) in [5.41, 5.74) is 0. The maximum Gasteiger partial charge on any atom is 0.320 e. The summed E-state index contributed by atoms with van der Waals surface area (Å²) in [5.74, 6) is -0.627. The van der Waals surface area contributed by atoms with Crippen molar-refractivity contribution in [3.8, 4) is 0 Å². The summed E-state index contributed by atoms with van der Waals surface area (Å²) in [4.78, 5) is 16.0. The van der Waals surface area contributed by atoms with Crippen LogP contribution in [0.15, 0.2) is 0 Å². The van der Waals surface area contributed by atoms with Crippen molar-refractivity contribution < 1.29 is 9.90 Å². The van der Waals surface area contributed by atoms with Gasteiger partial charge in [0.25, 0.3) is 0 Å². The highest BCUT2D eigenvalue weighted by Gasteiger charge is 2.26. The van der Waals surface area contributed by atoms with E-state index in [4.69, 9.17) is 0 Å². The van der Waals surface area contributed by atoms with Gasteiger partial charge in [-0.05, 0) is 45.3 Å². The van der Waals surface area contributed by atoms with Gasteiger partial charge in [0.15, 0.2) is 0 Å². The van der Waals surface area contributed by atoms with Gasteiger partial charge in [-0.1, -0.05) is 19.3 Å². The molecule has 2 heterocycles. The first kappa shape index (κ1) is 13.8. The zero-order valence-electron chi connectivity index (χ0n) is 11.3. The molecule has 0 saturated carbocycles. The van der Waals surface area contributed by atoms with E-state index < -0.39 is 5.97 Å². The summed E-state index contributed by atoms with van der Waals surface area (Å²) in [6.07, 6.45) is 8.12. The number of carboxylic acid groups (broad SMARTS) is 1. The van der Waals surface area contributed by atoms with E-state index in [1.165, 1.54) is 38.8 Å². The Morgan fingerprint density at radius 1 is 0.944 bits per heavy atom. The van der Waals surface area contributed by atoms with E-state index in [1.807, 2.05) is 0 Å². The molecule has 0 amide bonds. The SMILES string of the molecule is O=C(O)C1CCCCCCN1CCN1CCCC1. The minimum Gasteiger partial charge on any atom is -0.480 e. The number of likely N-dealkylation sites (tertiary alicyclic amines) is 2. The van der Waals surface area contributed by atoms with Gasteiger partial charge in [-0.25, -0.2) is 0 Å². The molecule has 2 aliphatic rings. The van der Waals surface area contributed by atoms with Crippen molar-refractivity contribution in [2.24, 2.45) is 0 Å². The van der Waals surface area contributed by atoms with Crippen LogP contribution in [0.3, 0.4) is 0 Å². The standard InChI is InChI=1S/C14H26N2O2/c17-14(18)13-7-3-1-2-4-10-16(13)12-11-15-8-5-6-9-15/h13H,1-12H2,(H,17,18). The minimum absolute atomic E-state index is 0.243. The molecule has 0 aromatic heterocycles. The van der Waals surface area contributed by atoms with E-state index in [0.29, 0.717) is 0 Å². The zero-order chi connectivity index (χ0) is 12.8. The van der Waals surface area contributed by atoms with Crippen LogP contribution < -0.4 is 0 Å². The summed E-state index contributed by atoms with van der Waals surface area (Å²) in [7, 11) is 0. The molecule has 2 fully saturated rings. The normalized spacial score (nSPS) is 27.9. The second-order valence-electron chi connectivity index (χ2n) is 5.64. The van der Waals surface area contributed by atoms with E-state index in [9.17, 15) is 9.90 Å². The predicted octanol–water partition coefficient (Wildman–Crippen LogP) is 1.80. The fourth-order valence-electron chi connectivity index (χ4n) is 3.17. The molecule has 4 nitrogen and oxygen atoms in total. The predicted molar refractivity (Wildman–Crippen MR) is 71.8 cm³/mol. The number of hydrogen-bond donors (Lipinski definition) is 1. The molecule has 2 aliphatic heterocycles. The molecule has 18 heavy (non-hydrogen) atoms. The number of carboxylic acids is 1. The molecule has 0 aromatic rings. The summed E-state index contributed by atoms with van der Waals surface area (Å²) in [6, 6.07) is -0.243. The average Bonchev–Trinajstić information content (AvgIpc) is 2.80. The Morgan fingerprint density at radius 2 is 1.61 bits per heavy atom. The molecular weight excluding hydrogens is 228 g/mol. The largest absolute Gasteiger partial charge is 0.480 e. The van der Waals surface area contributed by atoms with Gasteiger partial charge in [-0.2, -0.15) is 0 Å². The van der Waals surface area contributed by atoms with Crippen LogP contribution in [-0.4, -0.2) is 59.6 Å². The Kier molecular flexibility index (Phi) is 5.45. The van der Waals surface area contributed by atoms with Crippen LogP contribution in [0.1, 0.15) is 44.9 Å². The molecule has 1 atom stereocenters. The Bertz CT molecular complexity index is 265. The second-order valence-corrected chi connectivity index (χ2v) is 5.64. The van der Waals surface area contributed by atoms with Crippen LogP contribution in [0.2, 0.25) is 0 Å². The van der Waals surface area contributed by atoms with E-state index in [1.54, 1.807) is 0 Å². The summed E-state index contributed by atoms with van der Waals surface area (Å²) < 4.78 is 0. The third kappa shape index (κ3) is 3.95. The number of hydrogen-bond acceptors (Lipinski definition) is 3. The number of carbonyl (C=O) groups is 1. The third-order valence-corrected chi connectivity index (χ3v) is 4.30. The van der Waals surface area contributed by atoms with E-state index in [2.05, 4.69) is 9.80 Å². The monoisotopic (exact) mass is 254 g/mol. The lowest BCUT2D eigenvalue weighted by Gasteiger charge is -2.32. The van der Waals surface area contributed by atoms with Crippen molar-refractivity contribution >= 4 is 5.97 Å². The van der Waals surface area contributed by atoms with Gasteiger partial charge in [0.05, 0.1) is 0 Å². The quantitative estimate of drug-likeness (QED) is 0.831. The summed E-state index contributed by atoms with van der Waals surface area (Å²) >= 11 is 0. The number of nitrogens with zero attached hydrogens (tertiary/aromatic N) is 2. The van der Waals surface area contributed by atoms with Gasteiger partial charge in [-0.3, -0.25) is 9.69 Å². The van der Waals surface area contributed by atoms with Crippen LogP contribution in [0.4, 0.5) is 0 Å². The topological polar surface area (TPSA) is 43.8 Å². The average molecular weight is 254 g/mol. The Labute approximate surface area is 110 Å². The van der Waals surface area contributed by atoms with Crippen LogP contribution in [-0.2, 0) is 4.79 Å². The van der Waals surface area contributed by atoms with Gasteiger partial charge in [-0.15, -0.1) is 0 Å². The van der Waals surface area contributed by atoms with Gasteiger partial charge < -0.3 is 10.0 Å². The molecule has 4 heteroatoms. The summed E-state index contributed by atoms with van der Waals surface area (Å²) in [5, 5.41) is 9.36. The van der Waals surface area contributed by atoms with Crippen molar-refractivity contribution in [3.63, 3.8) is 0 Å². The van der Waals surface area contributed by atoms with Crippen molar-refractivity contribution in [2.75, 3.05) is 32.7 Å². The smallest absolute Gasteiger partial charge is 0.320 e. The second kappa shape index (κ2) is 7.10. The molecular formula is C14H26N2O2. The molecule has 2 saturated heterocycles. The number of aliphatic carboxylic acids is 1. The Hall–Kier alpha value is -0.610. The molecule has 0 aliphatic carbocycles. The molecule has 0 aromatic carbocycles. The Morgan fingerprint density at radius 3 is 2.33 bits per heavy atom. The molecule has 0 spiro atoms. The zero-order valence-corrected chi connectivity index (χ0v) is 11.3. The lowest BCUT2D eigenvalue weighted by Crippen LogP contribution is -2.45. The molecule has 1 unspecified atom stereocenters. The molecule has 2 rings (SSSR count). The van der Waals surface area contributed by atoms with Crippen molar-refractivity contribution in [1.82, 2.24) is 9.80 Å². The molecule has 0 bridgehead atoms. The fraction of sp³-hybridized carbons (Fsp3) is 0.929. The molecule has 0 radical (unpaired) electrons. The van der Waals surface area contributed by atoms with Gasteiger partial charge in [0, 0.05) is 13.1 Å². The maximum atomic E-state index is 11.4. The third-order valence-electron chi connectivity index (χ3n) is 4.30. The van der Waals surface area contributed by atoms with Gasteiger partial charge in [0.2, 0.25) is 0 Å². The van der Waals surface area contributed by atoms with Crippen LogP contribution in [0.25, 0.3) is 0 Å². The highest BCUT2D eigenvalue weighted by Crippen LogP contribution is 2.17. The van der Waals surface area contributed by atoms with E-state index >= 15 is 0 Å². The Balaban J connectivity index is 1.85. The van der Waals surface area contributed by atoms with E-state index in [0.717, 1.165) is 38.9 Å². The van der Waals surface area contributed by atoms with Crippen molar-refractivity contribution in [1.29, 1.82) is 0 Å². The van der Waals surface area contributed by atoms with Crippen molar-refractivity contribution in [3.05, 3.63) is 0 Å². The fourth-order valence-corrected chi connectivity index (χ4v) is 3.17. The maximum absolute atomic E-state index is 11.4. The molecule has 104 valence electrons. The highest BCUT2D eigenvalue weighted by molar-refractivity contribution is 5.73. The van der Waals surface area contributed by atoms with Crippen LogP contribution >= 0.6 is 0 Å². The first-order chi connectivity index (χ1) is 8.77. The first-order valence-corrected chi connectivity index (χ1v) is 7.46. The lowest BCUT2D eigenvalue weighted by atomic mass is 10.0. The van der Waals surface area contributed by atoms with Gasteiger partial charge in [0.1, 0.15) is 6.04 Å². The number of rotatable bonds is 4. The van der Waals surface area contributed by atoms with Crippen LogP contribution in [0, 0.1) is 0 Å².